The van der Waals surface area contributed by atoms with Gasteiger partial charge >= 0.3 is 11.8 Å². The van der Waals surface area contributed by atoms with E-state index in [1.165, 1.54) is 12.1 Å². The van der Waals surface area contributed by atoms with Gasteiger partial charge in [0.15, 0.2) is 0 Å². The summed E-state index contributed by atoms with van der Waals surface area (Å²) < 4.78 is 5.48. The van der Waals surface area contributed by atoms with Crippen LogP contribution in [-0.4, -0.2) is 76.1 Å². The second-order valence-electron chi connectivity index (χ2n) is 6.05. The lowest BCUT2D eigenvalue weighted by Gasteiger charge is -2.26. The molecule has 0 spiro atoms. The summed E-state index contributed by atoms with van der Waals surface area (Å²) >= 11 is 0. The first-order chi connectivity index (χ1) is 13.3. The molecule has 10 nitrogen and oxygen atoms in total. The lowest BCUT2D eigenvalue weighted by atomic mass is 10.0. The predicted molar refractivity (Wildman–Crippen MR) is 98.6 cm³/mol. The zero-order valence-electron chi connectivity index (χ0n) is 15.4. The fraction of sp³-hybridized carbons (Fsp3) is 0.500. The molecule has 0 saturated heterocycles. The van der Waals surface area contributed by atoms with Crippen LogP contribution in [0.15, 0.2) is 24.3 Å². The molecule has 0 fully saturated rings. The SMILES string of the molecule is CCCCOc1ccc(NC(=O)C(=O)N[C@@H](C=O)[C@@H](O)[C@H](O)[C@H](O)CO)cc1. The van der Waals surface area contributed by atoms with Gasteiger partial charge in [-0.1, -0.05) is 13.3 Å². The van der Waals surface area contributed by atoms with Crippen LogP contribution < -0.4 is 15.4 Å². The van der Waals surface area contributed by atoms with E-state index in [1.807, 2.05) is 12.2 Å². The number of aliphatic hydroxyl groups excluding tert-OH is 4. The third-order valence-corrected chi connectivity index (χ3v) is 3.83. The van der Waals surface area contributed by atoms with E-state index in [4.69, 9.17) is 9.84 Å². The van der Waals surface area contributed by atoms with E-state index in [2.05, 4.69) is 5.32 Å². The van der Waals surface area contributed by atoms with Crippen LogP contribution in [0.25, 0.3) is 0 Å². The van der Waals surface area contributed by atoms with Crippen molar-refractivity contribution in [1.82, 2.24) is 5.32 Å². The molecule has 0 aliphatic rings. The van der Waals surface area contributed by atoms with Crippen LogP contribution in [0.2, 0.25) is 0 Å². The Morgan fingerprint density at radius 1 is 1.11 bits per heavy atom. The fourth-order valence-electron chi connectivity index (χ4n) is 2.12. The van der Waals surface area contributed by atoms with Gasteiger partial charge in [-0.3, -0.25) is 9.59 Å². The summed E-state index contributed by atoms with van der Waals surface area (Å²) in [5.41, 5.74) is 0.307. The summed E-state index contributed by atoms with van der Waals surface area (Å²) in [7, 11) is 0. The number of rotatable bonds is 11. The lowest BCUT2D eigenvalue weighted by molar-refractivity contribution is -0.139. The van der Waals surface area contributed by atoms with E-state index in [0.29, 0.717) is 18.0 Å². The van der Waals surface area contributed by atoms with E-state index >= 15 is 0 Å². The van der Waals surface area contributed by atoms with Crippen molar-refractivity contribution in [3.63, 3.8) is 0 Å². The minimum atomic E-state index is -1.92. The predicted octanol–water partition coefficient (Wildman–Crippen LogP) is -1.44. The molecule has 0 aliphatic carbocycles. The van der Waals surface area contributed by atoms with Gasteiger partial charge in [0.25, 0.3) is 0 Å². The molecule has 6 N–H and O–H groups in total. The van der Waals surface area contributed by atoms with Crippen molar-refractivity contribution >= 4 is 23.8 Å². The maximum absolute atomic E-state index is 11.9. The highest BCUT2D eigenvalue weighted by atomic mass is 16.5. The molecule has 0 bridgehead atoms. The van der Waals surface area contributed by atoms with Crippen LogP contribution in [0.1, 0.15) is 19.8 Å². The van der Waals surface area contributed by atoms with Crippen molar-refractivity contribution in [3.05, 3.63) is 24.3 Å². The Labute approximate surface area is 162 Å². The molecule has 0 saturated carbocycles. The second-order valence-corrected chi connectivity index (χ2v) is 6.05. The van der Waals surface area contributed by atoms with E-state index < -0.39 is 42.8 Å². The van der Waals surface area contributed by atoms with Crippen LogP contribution in [0.4, 0.5) is 5.69 Å². The van der Waals surface area contributed by atoms with Crippen LogP contribution in [0.3, 0.4) is 0 Å². The number of aliphatic hydroxyl groups is 4. The maximum Gasteiger partial charge on any atom is 0.313 e. The Hall–Kier alpha value is -2.53. The molecule has 1 aromatic carbocycles. The highest BCUT2D eigenvalue weighted by Gasteiger charge is 2.33. The van der Waals surface area contributed by atoms with Crippen molar-refractivity contribution in [2.45, 2.75) is 44.1 Å². The molecular weight excluding hydrogens is 372 g/mol. The third-order valence-electron chi connectivity index (χ3n) is 3.83. The van der Waals surface area contributed by atoms with Gasteiger partial charge in [-0.05, 0) is 30.7 Å². The molecule has 1 rings (SSSR count). The summed E-state index contributed by atoms with van der Waals surface area (Å²) in [6.45, 7) is 1.74. The molecule has 28 heavy (non-hydrogen) atoms. The number of ether oxygens (including phenoxy) is 1. The molecule has 0 aromatic heterocycles. The Morgan fingerprint density at radius 2 is 1.75 bits per heavy atom. The molecule has 0 aliphatic heterocycles. The largest absolute Gasteiger partial charge is 0.494 e. The zero-order chi connectivity index (χ0) is 21.1. The monoisotopic (exact) mass is 398 g/mol. The molecule has 0 heterocycles. The number of unbranched alkanes of at least 4 members (excludes halogenated alkanes) is 1. The Bertz CT molecular complexity index is 637. The first-order valence-corrected chi connectivity index (χ1v) is 8.79. The van der Waals surface area contributed by atoms with Crippen LogP contribution in [0, 0.1) is 0 Å². The van der Waals surface area contributed by atoms with Crippen LogP contribution in [0.5, 0.6) is 5.75 Å². The van der Waals surface area contributed by atoms with Gasteiger partial charge in [0.2, 0.25) is 0 Å². The summed E-state index contributed by atoms with van der Waals surface area (Å²) in [5.74, 6) is -1.72. The van der Waals surface area contributed by atoms with Gasteiger partial charge in [0, 0.05) is 5.69 Å². The molecule has 156 valence electrons. The van der Waals surface area contributed by atoms with Crippen molar-refractivity contribution in [2.75, 3.05) is 18.5 Å². The average Bonchev–Trinajstić information content (AvgIpc) is 2.71. The molecule has 10 heteroatoms. The molecule has 0 unspecified atom stereocenters. The Morgan fingerprint density at radius 3 is 2.29 bits per heavy atom. The molecular formula is C18H26N2O8. The first-order valence-electron chi connectivity index (χ1n) is 8.79. The molecule has 2 amide bonds. The smallest absolute Gasteiger partial charge is 0.313 e. The van der Waals surface area contributed by atoms with Crippen molar-refractivity contribution in [1.29, 1.82) is 0 Å². The van der Waals surface area contributed by atoms with Crippen molar-refractivity contribution in [3.8, 4) is 5.75 Å². The Kier molecular flexibility index (Phi) is 10.1. The van der Waals surface area contributed by atoms with Crippen LogP contribution >= 0.6 is 0 Å². The molecule has 1 aromatic rings. The second kappa shape index (κ2) is 12.0. The van der Waals surface area contributed by atoms with E-state index in [9.17, 15) is 29.7 Å². The number of aldehydes is 1. The number of hydrogen-bond acceptors (Lipinski definition) is 8. The number of anilines is 1. The van der Waals surface area contributed by atoms with Gasteiger partial charge in [-0.2, -0.15) is 0 Å². The van der Waals surface area contributed by atoms with E-state index in [0.717, 1.165) is 12.8 Å². The summed E-state index contributed by atoms with van der Waals surface area (Å²) in [6.07, 6.45) is -3.53. The highest BCUT2D eigenvalue weighted by molar-refractivity contribution is 6.39. The van der Waals surface area contributed by atoms with Gasteiger partial charge in [0.05, 0.1) is 13.2 Å². The topological polar surface area (TPSA) is 165 Å². The quantitative estimate of drug-likeness (QED) is 0.150. The highest BCUT2D eigenvalue weighted by Crippen LogP contribution is 2.16. The average molecular weight is 398 g/mol. The zero-order valence-corrected chi connectivity index (χ0v) is 15.4. The van der Waals surface area contributed by atoms with E-state index in [-0.39, 0.29) is 6.29 Å². The molecule has 0 radical (unpaired) electrons. The number of carbonyl (C=O) groups excluding carboxylic acids is 3. The standard InChI is InChI=1S/C18H26N2O8/c1-2-3-8-28-12-6-4-11(5-7-12)19-17(26)18(27)20-13(9-21)15(24)16(25)14(23)10-22/h4-7,9,13-16,22-25H,2-3,8,10H2,1H3,(H,19,26)(H,20,27)/t13-,14+,15+,16+/m0/s1. The first kappa shape index (κ1) is 23.5. The fourth-order valence-corrected chi connectivity index (χ4v) is 2.12. The van der Waals surface area contributed by atoms with E-state index in [1.54, 1.807) is 12.1 Å². The number of hydrogen-bond donors (Lipinski definition) is 6. The number of amides is 2. The van der Waals surface area contributed by atoms with Gasteiger partial charge in [-0.15, -0.1) is 0 Å². The number of benzene rings is 1. The van der Waals surface area contributed by atoms with Gasteiger partial charge < -0.3 is 40.6 Å². The normalized spacial score (nSPS) is 15.0. The summed E-state index contributed by atoms with van der Waals surface area (Å²) in [6, 6.07) is 4.63. The van der Waals surface area contributed by atoms with Gasteiger partial charge in [0.1, 0.15) is 36.4 Å². The number of carbonyl (C=O) groups is 3. The summed E-state index contributed by atoms with van der Waals surface area (Å²) in [5, 5.41) is 41.7. The third kappa shape index (κ3) is 7.24. The van der Waals surface area contributed by atoms with Crippen molar-refractivity contribution < 1.29 is 39.5 Å². The minimum absolute atomic E-state index is 0.103. The van der Waals surface area contributed by atoms with Gasteiger partial charge in [-0.25, -0.2) is 0 Å². The maximum atomic E-state index is 11.9. The van der Waals surface area contributed by atoms with Crippen molar-refractivity contribution in [2.24, 2.45) is 0 Å². The Balaban J connectivity index is 2.61. The lowest BCUT2D eigenvalue weighted by Crippen LogP contribution is -2.55. The minimum Gasteiger partial charge on any atom is -0.494 e. The summed E-state index contributed by atoms with van der Waals surface area (Å²) in [4.78, 5) is 34.9. The number of nitrogens with one attached hydrogen (secondary N) is 2. The molecule has 4 atom stereocenters. The van der Waals surface area contributed by atoms with Crippen LogP contribution in [-0.2, 0) is 14.4 Å².